The number of nitrogens with one attached hydrogen (secondary N) is 1. The molecule has 0 radical (unpaired) electrons. The minimum Gasteiger partial charge on any atom is -0.486 e. The Balaban J connectivity index is 1.58. The molecule has 27 heavy (non-hydrogen) atoms. The largest absolute Gasteiger partial charge is 0.486 e. The molecule has 0 spiro atoms. The molecular formula is C16H15N5O5S. The van der Waals surface area contributed by atoms with Gasteiger partial charge in [0.15, 0.2) is 11.5 Å². The smallest absolute Gasteiger partial charge is 0.368 e. The van der Waals surface area contributed by atoms with Crippen molar-refractivity contribution in [3.8, 4) is 17.2 Å². The van der Waals surface area contributed by atoms with Crippen LogP contribution in [-0.2, 0) is 17.1 Å². The molecular weight excluding hydrogens is 374 g/mol. The number of hydrogen-bond acceptors (Lipinski definition) is 7. The molecule has 10 nitrogen and oxygen atoms in total. The second-order valence-electron chi connectivity index (χ2n) is 5.75. The lowest BCUT2D eigenvalue weighted by molar-refractivity contribution is 0.171. The number of aryl methyl sites for hydroxylation is 1. The Morgan fingerprint density at radius 2 is 1.70 bits per heavy atom. The van der Waals surface area contributed by atoms with E-state index in [4.69, 9.17) is 9.47 Å². The lowest BCUT2D eigenvalue weighted by Crippen LogP contribution is -2.21. The molecule has 0 atom stereocenters. The zero-order valence-corrected chi connectivity index (χ0v) is 15.0. The molecule has 0 amide bonds. The van der Waals surface area contributed by atoms with Crippen LogP contribution in [0.2, 0.25) is 0 Å². The van der Waals surface area contributed by atoms with E-state index in [1.165, 1.54) is 31.3 Å². The van der Waals surface area contributed by atoms with Gasteiger partial charge in [-0.2, -0.15) is 9.36 Å². The highest BCUT2D eigenvalue weighted by Gasteiger charge is 2.19. The average Bonchev–Trinajstić information content (AvgIpc) is 3.00. The highest BCUT2D eigenvalue weighted by Crippen LogP contribution is 2.32. The Kier molecular flexibility index (Phi) is 4.07. The molecule has 0 aliphatic carbocycles. The van der Waals surface area contributed by atoms with Gasteiger partial charge in [0.25, 0.3) is 10.0 Å². The zero-order valence-electron chi connectivity index (χ0n) is 14.2. The Morgan fingerprint density at radius 1 is 1.00 bits per heavy atom. The van der Waals surface area contributed by atoms with Gasteiger partial charge in [0, 0.05) is 18.8 Å². The molecule has 1 N–H and O–H groups in total. The Labute approximate surface area is 154 Å². The SMILES string of the molecule is Cn1nnn(-c2ccc(NS(=O)(=O)c3ccc4c(c3)OCCO4)cc2)c1=O. The van der Waals surface area contributed by atoms with E-state index in [9.17, 15) is 13.2 Å². The second kappa shape index (κ2) is 6.43. The van der Waals surface area contributed by atoms with Gasteiger partial charge < -0.3 is 9.47 Å². The van der Waals surface area contributed by atoms with Gasteiger partial charge in [-0.15, -0.1) is 0 Å². The zero-order chi connectivity index (χ0) is 19.0. The van der Waals surface area contributed by atoms with Crippen molar-refractivity contribution in [1.29, 1.82) is 0 Å². The minimum absolute atomic E-state index is 0.0565. The predicted octanol–water partition coefficient (Wildman–Crippen LogP) is 0.538. The van der Waals surface area contributed by atoms with Crippen LogP contribution in [0.1, 0.15) is 0 Å². The van der Waals surface area contributed by atoms with E-state index >= 15 is 0 Å². The minimum atomic E-state index is -3.81. The topological polar surface area (TPSA) is 117 Å². The fourth-order valence-corrected chi connectivity index (χ4v) is 3.62. The Bertz CT molecular complexity index is 1150. The summed E-state index contributed by atoms with van der Waals surface area (Å²) in [6.45, 7) is 0.797. The molecule has 140 valence electrons. The normalized spacial score (nSPS) is 13.4. The van der Waals surface area contributed by atoms with Gasteiger partial charge in [-0.3, -0.25) is 4.72 Å². The first-order chi connectivity index (χ1) is 12.9. The third kappa shape index (κ3) is 3.24. The Hall–Kier alpha value is -3.34. The van der Waals surface area contributed by atoms with Gasteiger partial charge in [0.1, 0.15) is 13.2 Å². The molecule has 1 aliphatic heterocycles. The van der Waals surface area contributed by atoms with Crippen molar-refractivity contribution in [3.05, 3.63) is 52.9 Å². The highest BCUT2D eigenvalue weighted by molar-refractivity contribution is 7.92. The van der Waals surface area contributed by atoms with Crippen molar-refractivity contribution in [2.75, 3.05) is 17.9 Å². The maximum Gasteiger partial charge on any atom is 0.368 e. The summed E-state index contributed by atoms with van der Waals surface area (Å²) in [6.07, 6.45) is 0. The molecule has 11 heteroatoms. The predicted molar refractivity (Wildman–Crippen MR) is 94.8 cm³/mol. The molecule has 2 heterocycles. The van der Waals surface area contributed by atoms with Crippen LogP contribution in [0, 0.1) is 0 Å². The van der Waals surface area contributed by atoms with Crippen LogP contribution in [0.5, 0.6) is 11.5 Å². The molecule has 0 bridgehead atoms. The molecule has 3 aromatic rings. The number of benzene rings is 2. The van der Waals surface area contributed by atoms with Crippen LogP contribution in [-0.4, -0.2) is 41.4 Å². The molecule has 0 saturated carbocycles. The van der Waals surface area contributed by atoms with Gasteiger partial charge in [-0.1, -0.05) is 0 Å². The fraction of sp³-hybridized carbons (Fsp3) is 0.188. The summed E-state index contributed by atoms with van der Waals surface area (Å²) in [5.41, 5.74) is 0.403. The quantitative estimate of drug-likeness (QED) is 0.692. The van der Waals surface area contributed by atoms with Gasteiger partial charge in [-0.05, 0) is 46.8 Å². The molecule has 2 aromatic carbocycles. The number of nitrogens with zero attached hydrogens (tertiary/aromatic N) is 4. The summed E-state index contributed by atoms with van der Waals surface area (Å²) < 4.78 is 40.7. The number of aromatic nitrogens is 4. The van der Waals surface area contributed by atoms with E-state index in [0.29, 0.717) is 36.1 Å². The van der Waals surface area contributed by atoms with Gasteiger partial charge in [0.2, 0.25) is 0 Å². The number of rotatable bonds is 4. The van der Waals surface area contributed by atoms with Gasteiger partial charge in [0.05, 0.1) is 10.6 Å². The number of tetrazole rings is 1. The maximum atomic E-state index is 12.6. The van der Waals surface area contributed by atoms with Gasteiger partial charge in [-0.25, -0.2) is 13.2 Å². The number of hydrogen-bond donors (Lipinski definition) is 1. The first-order valence-electron chi connectivity index (χ1n) is 7.96. The summed E-state index contributed by atoms with van der Waals surface area (Å²) in [5.74, 6) is 0.903. The summed E-state index contributed by atoms with van der Waals surface area (Å²) in [5, 5.41) is 7.36. The monoisotopic (exact) mass is 389 g/mol. The van der Waals surface area contributed by atoms with Gasteiger partial charge >= 0.3 is 5.69 Å². The summed E-state index contributed by atoms with van der Waals surface area (Å²) in [7, 11) is -2.33. The second-order valence-corrected chi connectivity index (χ2v) is 7.44. The maximum absolute atomic E-state index is 12.6. The third-order valence-corrected chi connectivity index (χ3v) is 5.29. The van der Waals surface area contributed by atoms with E-state index in [0.717, 1.165) is 9.36 Å². The van der Waals surface area contributed by atoms with E-state index in [1.807, 2.05) is 0 Å². The van der Waals surface area contributed by atoms with Crippen molar-refractivity contribution in [1.82, 2.24) is 19.8 Å². The molecule has 1 aromatic heterocycles. The van der Waals surface area contributed by atoms with Crippen molar-refractivity contribution in [2.45, 2.75) is 4.90 Å². The van der Waals surface area contributed by atoms with Crippen LogP contribution in [0.25, 0.3) is 5.69 Å². The van der Waals surface area contributed by atoms with E-state index in [-0.39, 0.29) is 4.90 Å². The number of ether oxygens (including phenoxy) is 2. The molecule has 0 fully saturated rings. The molecule has 0 unspecified atom stereocenters. The third-order valence-electron chi connectivity index (χ3n) is 3.91. The fourth-order valence-electron chi connectivity index (χ4n) is 2.55. The van der Waals surface area contributed by atoms with E-state index in [2.05, 4.69) is 15.1 Å². The first kappa shape index (κ1) is 17.1. The standard InChI is InChI=1S/C16H15N5O5S/c1-20-16(22)21(19-18-20)12-4-2-11(3-5-12)17-27(23,24)13-6-7-14-15(10-13)26-9-8-25-14/h2-7,10,17H,8-9H2,1H3. The number of fused-ring (bicyclic) bond motifs is 1. The molecule has 1 aliphatic rings. The van der Waals surface area contributed by atoms with E-state index in [1.54, 1.807) is 18.2 Å². The summed E-state index contributed by atoms with van der Waals surface area (Å²) in [4.78, 5) is 11.9. The first-order valence-corrected chi connectivity index (χ1v) is 9.44. The highest BCUT2D eigenvalue weighted by atomic mass is 32.2. The van der Waals surface area contributed by atoms with Crippen LogP contribution in [0.4, 0.5) is 5.69 Å². The average molecular weight is 389 g/mol. The molecule has 0 saturated heterocycles. The van der Waals surface area contributed by atoms with Crippen LogP contribution in [0.15, 0.2) is 52.2 Å². The van der Waals surface area contributed by atoms with E-state index < -0.39 is 15.7 Å². The lowest BCUT2D eigenvalue weighted by atomic mass is 10.3. The molecule has 4 rings (SSSR count). The van der Waals surface area contributed by atoms with Crippen LogP contribution in [0.3, 0.4) is 0 Å². The number of anilines is 1. The van der Waals surface area contributed by atoms with Crippen LogP contribution < -0.4 is 19.9 Å². The lowest BCUT2D eigenvalue weighted by Gasteiger charge is -2.19. The Morgan fingerprint density at radius 3 is 2.37 bits per heavy atom. The van der Waals surface area contributed by atoms with Crippen molar-refractivity contribution in [2.24, 2.45) is 7.05 Å². The summed E-state index contributed by atoms with van der Waals surface area (Å²) >= 11 is 0. The van der Waals surface area contributed by atoms with Crippen molar-refractivity contribution in [3.63, 3.8) is 0 Å². The van der Waals surface area contributed by atoms with Crippen molar-refractivity contribution < 1.29 is 17.9 Å². The van der Waals surface area contributed by atoms with Crippen molar-refractivity contribution >= 4 is 15.7 Å². The summed E-state index contributed by atoms with van der Waals surface area (Å²) in [6, 6.07) is 10.6. The number of sulfonamides is 1. The van der Waals surface area contributed by atoms with Crippen LogP contribution >= 0.6 is 0 Å².